The lowest BCUT2D eigenvalue weighted by molar-refractivity contribution is -0.114. The van der Waals surface area contributed by atoms with Gasteiger partial charge in [-0.05, 0) is 48.0 Å². The summed E-state index contributed by atoms with van der Waals surface area (Å²) in [5, 5.41) is 9.73. The van der Waals surface area contributed by atoms with Crippen LogP contribution in [0.1, 0.15) is 22.8 Å². The maximum absolute atomic E-state index is 12.4. The molecule has 25 heavy (non-hydrogen) atoms. The predicted octanol–water partition coefficient (Wildman–Crippen LogP) is 3.14. The highest BCUT2D eigenvalue weighted by Crippen LogP contribution is 2.15. The van der Waals surface area contributed by atoms with Crippen LogP contribution in [-0.4, -0.2) is 21.6 Å². The van der Waals surface area contributed by atoms with Gasteiger partial charge < -0.3 is 10.6 Å². The monoisotopic (exact) mass is 334 g/mol. The number of rotatable bonds is 5. The Balaban J connectivity index is 1.67. The number of nitrogens with zero attached hydrogens (tertiary/aromatic N) is 2. The van der Waals surface area contributed by atoms with Gasteiger partial charge in [0.25, 0.3) is 5.91 Å². The second kappa shape index (κ2) is 7.44. The van der Waals surface area contributed by atoms with Crippen LogP contribution in [0, 0.1) is 0 Å². The van der Waals surface area contributed by atoms with Gasteiger partial charge in [0.05, 0.1) is 6.54 Å². The van der Waals surface area contributed by atoms with E-state index in [2.05, 4.69) is 15.7 Å². The molecule has 0 spiro atoms. The van der Waals surface area contributed by atoms with E-state index in [9.17, 15) is 9.59 Å². The fourth-order valence-corrected chi connectivity index (χ4v) is 2.44. The van der Waals surface area contributed by atoms with Crippen molar-refractivity contribution in [1.82, 2.24) is 9.78 Å². The van der Waals surface area contributed by atoms with E-state index >= 15 is 0 Å². The van der Waals surface area contributed by atoms with Crippen LogP contribution in [0.25, 0.3) is 0 Å². The van der Waals surface area contributed by atoms with Gasteiger partial charge in [0.15, 0.2) is 0 Å². The van der Waals surface area contributed by atoms with E-state index in [1.54, 1.807) is 30.5 Å². The molecule has 0 unspecified atom stereocenters. The van der Waals surface area contributed by atoms with Crippen LogP contribution in [0.15, 0.2) is 67.0 Å². The SMILES string of the molecule is CC(=O)Nc1ccc(C(=O)Nc2cccc(Cn3cccn3)c2)cc1. The zero-order valence-corrected chi connectivity index (χ0v) is 13.8. The molecule has 6 heteroatoms. The second-order valence-corrected chi connectivity index (χ2v) is 5.62. The number of carbonyl (C=O) groups excluding carboxylic acids is 2. The molecule has 1 heterocycles. The minimum atomic E-state index is -0.203. The first kappa shape index (κ1) is 16.4. The fraction of sp³-hybridized carbons (Fsp3) is 0.105. The minimum absolute atomic E-state index is 0.147. The molecule has 2 aromatic carbocycles. The third-order valence-electron chi connectivity index (χ3n) is 3.56. The van der Waals surface area contributed by atoms with E-state index in [1.165, 1.54) is 6.92 Å². The Morgan fingerprint density at radius 2 is 1.80 bits per heavy atom. The first-order chi connectivity index (χ1) is 12.1. The molecule has 2 amide bonds. The van der Waals surface area contributed by atoms with Crippen LogP contribution in [0.2, 0.25) is 0 Å². The second-order valence-electron chi connectivity index (χ2n) is 5.62. The highest BCUT2D eigenvalue weighted by Gasteiger charge is 2.07. The van der Waals surface area contributed by atoms with Gasteiger partial charge in [0.2, 0.25) is 5.91 Å². The van der Waals surface area contributed by atoms with E-state index in [0.29, 0.717) is 17.8 Å². The lowest BCUT2D eigenvalue weighted by Gasteiger charge is -2.09. The van der Waals surface area contributed by atoms with Crippen LogP contribution >= 0.6 is 0 Å². The molecule has 3 aromatic rings. The average Bonchev–Trinajstić information content (AvgIpc) is 3.08. The Bertz CT molecular complexity index is 871. The molecule has 0 bridgehead atoms. The zero-order chi connectivity index (χ0) is 17.6. The van der Waals surface area contributed by atoms with Crippen molar-refractivity contribution >= 4 is 23.2 Å². The Labute approximate surface area is 145 Å². The molecule has 6 nitrogen and oxygen atoms in total. The summed E-state index contributed by atoms with van der Waals surface area (Å²) >= 11 is 0. The number of anilines is 2. The van der Waals surface area contributed by atoms with Crippen molar-refractivity contribution in [1.29, 1.82) is 0 Å². The molecule has 126 valence electrons. The minimum Gasteiger partial charge on any atom is -0.326 e. The molecule has 2 N–H and O–H groups in total. The van der Waals surface area contributed by atoms with Crippen molar-refractivity contribution in [2.24, 2.45) is 0 Å². The Hall–Kier alpha value is -3.41. The highest BCUT2D eigenvalue weighted by molar-refractivity contribution is 6.04. The third-order valence-corrected chi connectivity index (χ3v) is 3.56. The van der Waals surface area contributed by atoms with E-state index in [4.69, 9.17) is 0 Å². The number of nitrogens with one attached hydrogen (secondary N) is 2. The van der Waals surface area contributed by atoms with Gasteiger partial charge in [-0.2, -0.15) is 5.10 Å². The third kappa shape index (κ3) is 4.54. The number of hydrogen-bond donors (Lipinski definition) is 2. The largest absolute Gasteiger partial charge is 0.326 e. The van der Waals surface area contributed by atoms with Crippen molar-refractivity contribution in [3.8, 4) is 0 Å². The van der Waals surface area contributed by atoms with Crippen LogP contribution < -0.4 is 10.6 Å². The van der Waals surface area contributed by atoms with Gasteiger partial charge in [-0.1, -0.05) is 12.1 Å². The molecule has 0 atom stereocenters. The molecule has 0 aliphatic rings. The van der Waals surface area contributed by atoms with Gasteiger partial charge in [-0.3, -0.25) is 14.3 Å². The van der Waals surface area contributed by atoms with Crippen LogP contribution in [-0.2, 0) is 11.3 Å². The number of hydrogen-bond acceptors (Lipinski definition) is 3. The molecule has 0 saturated carbocycles. The quantitative estimate of drug-likeness (QED) is 0.752. The van der Waals surface area contributed by atoms with E-state index in [1.807, 2.05) is 41.2 Å². The van der Waals surface area contributed by atoms with Gasteiger partial charge in [-0.25, -0.2) is 0 Å². The average molecular weight is 334 g/mol. The van der Waals surface area contributed by atoms with Gasteiger partial charge in [-0.15, -0.1) is 0 Å². The fourth-order valence-electron chi connectivity index (χ4n) is 2.44. The lowest BCUT2D eigenvalue weighted by Crippen LogP contribution is -2.12. The summed E-state index contributed by atoms with van der Waals surface area (Å²) in [7, 11) is 0. The lowest BCUT2D eigenvalue weighted by atomic mass is 10.1. The topological polar surface area (TPSA) is 76.0 Å². The summed E-state index contributed by atoms with van der Waals surface area (Å²) in [5.74, 6) is -0.350. The summed E-state index contributed by atoms with van der Waals surface area (Å²) in [6.07, 6.45) is 3.62. The van der Waals surface area contributed by atoms with Crippen LogP contribution in [0.4, 0.5) is 11.4 Å². The van der Waals surface area contributed by atoms with Crippen LogP contribution in [0.3, 0.4) is 0 Å². The molecule has 1 aromatic heterocycles. The van der Waals surface area contributed by atoms with Gasteiger partial charge in [0, 0.05) is 36.3 Å². The Kier molecular flexibility index (Phi) is 4.89. The zero-order valence-electron chi connectivity index (χ0n) is 13.8. The molecule has 0 aliphatic heterocycles. The maximum Gasteiger partial charge on any atom is 0.255 e. The Morgan fingerprint density at radius 3 is 2.48 bits per heavy atom. The van der Waals surface area contributed by atoms with Gasteiger partial charge >= 0.3 is 0 Å². The first-order valence-electron chi connectivity index (χ1n) is 7.85. The molecule has 0 saturated heterocycles. The van der Waals surface area contributed by atoms with Crippen LogP contribution in [0.5, 0.6) is 0 Å². The number of carbonyl (C=O) groups is 2. The van der Waals surface area contributed by atoms with E-state index in [0.717, 1.165) is 11.3 Å². The summed E-state index contributed by atoms with van der Waals surface area (Å²) in [4.78, 5) is 23.4. The maximum atomic E-state index is 12.4. The number of amides is 2. The van der Waals surface area contributed by atoms with Crippen molar-refractivity contribution < 1.29 is 9.59 Å². The van der Waals surface area contributed by atoms with Crippen molar-refractivity contribution in [3.05, 3.63) is 78.1 Å². The van der Waals surface area contributed by atoms with E-state index in [-0.39, 0.29) is 11.8 Å². The summed E-state index contributed by atoms with van der Waals surface area (Å²) < 4.78 is 1.82. The van der Waals surface area contributed by atoms with Crippen molar-refractivity contribution in [2.75, 3.05) is 10.6 Å². The smallest absolute Gasteiger partial charge is 0.255 e. The summed E-state index contributed by atoms with van der Waals surface area (Å²) in [5.41, 5.74) is 2.94. The molecular weight excluding hydrogens is 316 g/mol. The molecule has 0 radical (unpaired) electrons. The van der Waals surface area contributed by atoms with Crippen molar-refractivity contribution in [2.45, 2.75) is 13.5 Å². The van der Waals surface area contributed by atoms with E-state index < -0.39 is 0 Å². The predicted molar refractivity (Wildman–Crippen MR) is 96.5 cm³/mol. The number of aromatic nitrogens is 2. The molecule has 0 aliphatic carbocycles. The Morgan fingerprint density at radius 1 is 1.00 bits per heavy atom. The first-order valence-corrected chi connectivity index (χ1v) is 7.85. The molecule has 0 fully saturated rings. The molecule has 3 rings (SSSR count). The summed E-state index contributed by atoms with van der Waals surface area (Å²) in [6.45, 7) is 2.08. The molecular formula is C19H18N4O2. The normalized spacial score (nSPS) is 10.3. The van der Waals surface area contributed by atoms with Gasteiger partial charge in [0.1, 0.15) is 0 Å². The van der Waals surface area contributed by atoms with Crippen molar-refractivity contribution in [3.63, 3.8) is 0 Å². The standard InChI is InChI=1S/C19H18N4O2/c1-14(24)21-17-8-6-16(7-9-17)19(25)22-18-5-2-4-15(12-18)13-23-11-3-10-20-23/h2-12H,13H2,1H3,(H,21,24)(H,22,25). The summed E-state index contributed by atoms with van der Waals surface area (Å²) in [6, 6.07) is 16.3. The highest BCUT2D eigenvalue weighted by atomic mass is 16.2. The number of benzene rings is 2.